The van der Waals surface area contributed by atoms with E-state index >= 15 is 0 Å². The number of halogens is 1. The van der Waals surface area contributed by atoms with Crippen molar-refractivity contribution < 1.29 is 0 Å². The van der Waals surface area contributed by atoms with Crippen LogP contribution in [0.5, 0.6) is 0 Å². The molecule has 0 saturated heterocycles. The molecule has 1 heterocycles. The van der Waals surface area contributed by atoms with Crippen molar-refractivity contribution in [1.29, 1.82) is 0 Å². The van der Waals surface area contributed by atoms with Gasteiger partial charge in [-0.25, -0.2) is 9.97 Å². The minimum absolute atomic E-state index is 0.706. The number of anilines is 1. The molecule has 2 aromatic carbocycles. The zero-order chi connectivity index (χ0) is 14.7. The molecule has 21 heavy (non-hydrogen) atoms. The van der Waals surface area contributed by atoms with Crippen LogP contribution in [0.1, 0.15) is 12.5 Å². The highest BCUT2D eigenvalue weighted by Gasteiger charge is 2.02. The van der Waals surface area contributed by atoms with Crippen LogP contribution in [0, 0.1) is 0 Å². The topological polar surface area (TPSA) is 50.2 Å². The van der Waals surface area contributed by atoms with Crippen LogP contribution in [0.4, 0.5) is 5.82 Å². The van der Waals surface area contributed by atoms with E-state index in [-0.39, 0.29) is 0 Å². The van der Waals surface area contributed by atoms with E-state index in [2.05, 4.69) is 36.4 Å². The van der Waals surface area contributed by atoms with E-state index in [9.17, 15) is 0 Å². The van der Waals surface area contributed by atoms with Crippen LogP contribution in [0.2, 0.25) is 0 Å². The number of benzene rings is 2. The van der Waals surface area contributed by atoms with Gasteiger partial charge in [0.05, 0.1) is 11.2 Å². The fourth-order valence-electron chi connectivity index (χ4n) is 1.99. The molecule has 0 saturated carbocycles. The van der Waals surface area contributed by atoms with Crippen molar-refractivity contribution in [3.8, 4) is 0 Å². The molecule has 1 aromatic heterocycles. The first-order chi connectivity index (χ1) is 10.2. The van der Waals surface area contributed by atoms with Crippen LogP contribution in [-0.4, -0.2) is 15.7 Å². The number of para-hydroxylation sites is 1. The molecule has 0 fully saturated rings. The van der Waals surface area contributed by atoms with Gasteiger partial charge < -0.3 is 0 Å². The third-order valence-electron chi connectivity index (χ3n) is 3.13. The van der Waals surface area contributed by atoms with E-state index < -0.39 is 0 Å². The standard InChI is InChI=1S/C16H13BrN4/c1-11(12-6-8-13(17)9-7-12)20-21-16-14-4-2-3-5-15(14)18-10-19-16/h2-10H,1H3,(H,18,19,21). The second-order valence-corrected chi connectivity index (χ2v) is 5.47. The minimum Gasteiger partial charge on any atom is -0.260 e. The zero-order valence-electron chi connectivity index (χ0n) is 11.4. The number of hydrogen-bond acceptors (Lipinski definition) is 4. The molecule has 0 aliphatic rings. The molecule has 4 nitrogen and oxygen atoms in total. The number of rotatable bonds is 3. The summed E-state index contributed by atoms with van der Waals surface area (Å²) in [6, 6.07) is 15.9. The molecular weight excluding hydrogens is 328 g/mol. The van der Waals surface area contributed by atoms with Gasteiger partial charge >= 0.3 is 0 Å². The van der Waals surface area contributed by atoms with Crippen molar-refractivity contribution in [2.45, 2.75) is 6.92 Å². The van der Waals surface area contributed by atoms with E-state index in [0.717, 1.165) is 26.7 Å². The molecule has 1 N–H and O–H groups in total. The molecule has 0 atom stereocenters. The quantitative estimate of drug-likeness (QED) is 0.573. The monoisotopic (exact) mass is 340 g/mol. The molecule has 3 aromatic rings. The van der Waals surface area contributed by atoms with Crippen LogP contribution in [0.3, 0.4) is 0 Å². The normalized spacial score (nSPS) is 11.6. The van der Waals surface area contributed by atoms with Crippen LogP contribution >= 0.6 is 15.9 Å². The number of aromatic nitrogens is 2. The molecule has 0 bridgehead atoms. The lowest BCUT2D eigenvalue weighted by Crippen LogP contribution is -2.01. The third-order valence-corrected chi connectivity index (χ3v) is 3.66. The van der Waals surface area contributed by atoms with Gasteiger partial charge in [0.25, 0.3) is 0 Å². The van der Waals surface area contributed by atoms with Crippen LogP contribution in [-0.2, 0) is 0 Å². The minimum atomic E-state index is 0.706. The molecule has 0 unspecified atom stereocenters. The Bertz CT molecular complexity index is 791. The molecule has 0 spiro atoms. The summed E-state index contributed by atoms with van der Waals surface area (Å²) in [7, 11) is 0. The van der Waals surface area contributed by atoms with Crippen molar-refractivity contribution in [3.63, 3.8) is 0 Å². The highest BCUT2D eigenvalue weighted by Crippen LogP contribution is 2.18. The first-order valence-electron chi connectivity index (χ1n) is 6.50. The number of fused-ring (bicyclic) bond motifs is 1. The summed E-state index contributed by atoms with van der Waals surface area (Å²) in [4.78, 5) is 8.48. The van der Waals surface area contributed by atoms with Gasteiger partial charge in [0, 0.05) is 9.86 Å². The second-order valence-electron chi connectivity index (χ2n) is 4.56. The lowest BCUT2D eigenvalue weighted by atomic mass is 10.1. The predicted molar refractivity (Wildman–Crippen MR) is 89.5 cm³/mol. The van der Waals surface area contributed by atoms with Crippen LogP contribution in [0.25, 0.3) is 10.9 Å². The molecule has 0 aliphatic carbocycles. The van der Waals surface area contributed by atoms with Gasteiger partial charge in [0.1, 0.15) is 6.33 Å². The van der Waals surface area contributed by atoms with Crippen LogP contribution in [0.15, 0.2) is 64.4 Å². The van der Waals surface area contributed by atoms with E-state index in [1.807, 2.05) is 55.5 Å². The summed E-state index contributed by atoms with van der Waals surface area (Å²) in [5.74, 6) is 0.706. The van der Waals surface area contributed by atoms with E-state index in [4.69, 9.17) is 0 Å². The lowest BCUT2D eigenvalue weighted by molar-refractivity contribution is 1.18. The van der Waals surface area contributed by atoms with Gasteiger partial charge in [0.15, 0.2) is 5.82 Å². The fourth-order valence-corrected chi connectivity index (χ4v) is 2.25. The Morgan fingerprint density at radius 1 is 1.05 bits per heavy atom. The largest absolute Gasteiger partial charge is 0.260 e. The fraction of sp³-hybridized carbons (Fsp3) is 0.0625. The first-order valence-corrected chi connectivity index (χ1v) is 7.29. The van der Waals surface area contributed by atoms with Crippen molar-refractivity contribution in [2.24, 2.45) is 5.10 Å². The number of hydrazone groups is 1. The SMILES string of the molecule is CC(=NNc1ncnc2ccccc12)c1ccc(Br)cc1. The molecule has 5 heteroatoms. The Morgan fingerprint density at radius 2 is 1.81 bits per heavy atom. The average molecular weight is 341 g/mol. The Hall–Kier alpha value is -2.27. The van der Waals surface area contributed by atoms with E-state index in [0.29, 0.717) is 5.82 Å². The van der Waals surface area contributed by atoms with Gasteiger partial charge in [-0.05, 0) is 36.8 Å². The third kappa shape index (κ3) is 3.08. The smallest absolute Gasteiger partial charge is 0.157 e. The highest BCUT2D eigenvalue weighted by atomic mass is 79.9. The van der Waals surface area contributed by atoms with Gasteiger partial charge in [-0.15, -0.1) is 0 Å². The summed E-state index contributed by atoms with van der Waals surface area (Å²) in [5.41, 5.74) is 5.87. The highest BCUT2D eigenvalue weighted by molar-refractivity contribution is 9.10. The number of nitrogens with one attached hydrogen (secondary N) is 1. The summed E-state index contributed by atoms with van der Waals surface area (Å²) < 4.78 is 1.05. The Morgan fingerprint density at radius 3 is 2.62 bits per heavy atom. The van der Waals surface area contributed by atoms with Gasteiger partial charge in [-0.3, -0.25) is 5.43 Å². The summed E-state index contributed by atoms with van der Waals surface area (Å²) in [6.45, 7) is 1.96. The maximum atomic E-state index is 4.41. The van der Waals surface area contributed by atoms with Crippen LogP contribution < -0.4 is 5.43 Å². The molecule has 0 aliphatic heterocycles. The summed E-state index contributed by atoms with van der Waals surface area (Å²) in [5, 5.41) is 5.36. The maximum absolute atomic E-state index is 4.41. The van der Waals surface area contributed by atoms with Gasteiger partial charge in [0.2, 0.25) is 0 Å². The maximum Gasteiger partial charge on any atom is 0.157 e. The van der Waals surface area contributed by atoms with Crippen molar-refractivity contribution in [3.05, 3.63) is 64.9 Å². The van der Waals surface area contributed by atoms with Crippen molar-refractivity contribution in [1.82, 2.24) is 9.97 Å². The second kappa shape index (κ2) is 6.01. The Kier molecular flexibility index (Phi) is 3.92. The number of nitrogens with zero attached hydrogens (tertiary/aromatic N) is 3. The lowest BCUT2D eigenvalue weighted by Gasteiger charge is -2.05. The molecule has 104 valence electrons. The molecule has 3 rings (SSSR count). The predicted octanol–water partition coefficient (Wildman–Crippen LogP) is 4.23. The van der Waals surface area contributed by atoms with Gasteiger partial charge in [-0.1, -0.05) is 40.2 Å². The Balaban J connectivity index is 1.88. The zero-order valence-corrected chi connectivity index (χ0v) is 13.0. The summed E-state index contributed by atoms with van der Waals surface area (Å²) >= 11 is 3.42. The first kappa shape index (κ1) is 13.7. The van der Waals surface area contributed by atoms with E-state index in [1.54, 1.807) is 0 Å². The average Bonchev–Trinajstić information content (AvgIpc) is 2.53. The molecule has 0 amide bonds. The molecule has 0 radical (unpaired) electrons. The van der Waals surface area contributed by atoms with Crippen molar-refractivity contribution in [2.75, 3.05) is 5.43 Å². The molecular formula is C16H13BrN4. The summed E-state index contributed by atoms with van der Waals surface area (Å²) in [6.07, 6.45) is 1.54. The van der Waals surface area contributed by atoms with Gasteiger partial charge in [-0.2, -0.15) is 5.10 Å². The Labute approximate surface area is 131 Å². The number of hydrogen-bond donors (Lipinski definition) is 1. The van der Waals surface area contributed by atoms with E-state index in [1.165, 1.54) is 6.33 Å². The van der Waals surface area contributed by atoms with Crippen molar-refractivity contribution >= 4 is 38.4 Å².